The number of rotatable bonds is 7. The third-order valence-electron chi connectivity index (χ3n) is 7.50. The van der Waals surface area contributed by atoms with Crippen molar-refractivity contribution in [1.29, 1.82) is 0 Å². The van der Waals surface area contributed by atoms with Crippen molar-refractivity contribution in [3.05, 3.63) is 65.4 Å². The third-order valence-corrected chi connectivity index (χ3v) is 9.05. The number of likely N-dealkylation sites (tertiary alicyclic amines) is 1. The van der Waals surface area contributed by atoms with Crippen molar-refractivity contribution < 1.29 is 8.78 Å². The first-order valence-corrected chi connectivity index (χ1v) is 12.7. The zero-order valence-corrected chi connectivity index (χ0v) is 19.9. The highest BCUT2D eigenvalue weighted by atomic mass is 32.2. The summed E-state index contributed by atoms with van der Waals surface area (Å²) >= 11 is 1.94. The van der Waals surface area contributed by atoms with Crippen LogP contribution >= 0.6 is 11.8 Å². The lowest BCUT2D eigenvalue weighted by Gasteiger charge is -2.33. The zero-order valence-electron chi connectivity index (χ0n) is 19.0. The molecule has 2 aliphatic rings. The predicted octanol–water partition coefficient (Wildman–Crippen LogP) is 6.91. The summed E-state index contributed by atoms with van der Waals surface area (Å²) in [6.07, 6.45) is 7.04. The molecule has 1 saturated heterocycles. The van der Waals surface area contributed by atoms with Crippen LogP contribution in [-0.4, -0.2) is 33.8 Å². The van der Waals surface area contributed by atoms with E-state index in [4.69, 9.17) is 0 Å². The van der Waals surface area contributed by atoms with Crippen LogP contribution in [-0.2, 0) is 13.5 Å². The lowest BCUT2D eigenvalue weighted by Crippen LogP contribution is -2.35. The van der Waals surface area contributed by atoms with Crippen LogP contribution in [0, 0.1) is 11.6 Å². The molecule has 0 unspecified atom stereocenters. The van der Waals surface area contributed by atoms with Crippen LogP contribution in [0.15, 0.2) is 47.4 Å². The van der Waals surface area contributed by atoms with Gasteiger partial charge in [0.2, 0.25) is 0 Å². The van der Waals surface area contributed by atoms with E-state index in [0.717, 1.165) is 31.6 Å². The minimum Gasteiger partial charge on any atom is -0.347 e. The highest BCUT2D eigenvalue weighted by Gasteiger charge is 2.43. The molecule has 1 aliphatic heterocycles. The molecule has 0 atom stereocenters. The van der Waals surface area contributed by atoms with E-state index in [-0.39, 0.29) is 11.6 Å². The average Bonchev–Trinajstić information content (AvgIpc) is 3.51. The van der Waals surface area contributed by atoms with Crippen molar-refractivity contribution in [3.63, 3.8) is 0 Å². The number of thioether (sulfide) groups is 1. The number of aromatic nitrogens is 1. The Kier molecular flexibility index (Phi) is 6.06. The summed E-state index contributed by atoms with van der Waals surface area (Å²) in [7, 11) is 2.08. The molecule has 1 aromatic heterocycles. The van der Waals surface area contributed by atoms with Crippen molar-refractivity contribution in [3.8, 4) is 0 Å². The number of hydrogen-bond acceptors (Lipinski definition) is 2. The molecule has 170 valence electrons. The van der Waals surface area contributed by atoms with Gasteiger partial charge in [-0.15, -0.1) is 11.8 Å². The molecule has 2 fully saturated rings. The van der Waals surface area contributed by atoms with E-state index in [9.17, 15) is 8.78 Å². The Hall–Kier alpha value is -1.85. The number of hydrogen-bond donors (Lipinski definition) is 0. The number of nitrogens with zero attached hydrogens (tertiary/aromatic N) is 2. The smallest absolute Gasteiger partial charge is 0.125 e. The molecule has 2 aromatic carbocycles. The lowest BCUT2D eigenvalue weighted by atomic mass is 9.86. The van der Waals surface area contributed by atoms with Gasteiger partial charge in [-0.25, -0.2) is 8.78 Å². The molecule has 1 aliphatic carbocycles. The van der Waals surface area contributed by atoms with Crippen molar-refractivity contribution >= 4 is 22.7 Å². The van der Waals surface area contributed by atoms with Crippen molar-refractivity contribution in [2.24, 2.45) is 7.05 Å². The molecule has 32 heavy (non-hydrogen) atoms. The van der Waals surface area contributed by atoms with Gasteiger partial charge in [-0.05, 0) is 112 Å². The van der Waals surface area contributed by atoms with Crippen LogP contribution < -0.4 is 0 Å². The SMILES string of the molecule is CCc1c(C2CCN(CCC3(Sc4ccc(F)cc4)CC3)CC2)c2ccc(F)cc2n1C. The van der Waals surface area contributed by atoms with E-state index >= 15 is 0 Å². The maximum Gasteiger partial charge on any atom is 0.125 e. The first-order valence-electron chi connectivity index (χ1n) is 11.9. The van der Waals surface area contributed by atoms with Gasteiger partial charge < -0.3 is 9.47 Å². The molecule has 5 heteroatoms. The minimum atomic E-state index is -0.162. The van der Waals surface area contributed by atoms with E-state index < -0.39 is 0 Å². The van der Waals surface area contributed by atoms with Gasteiger partial charge in [-0.3, -0.25) is 0 Å². The summed E-state index contributed by atoms with van der Waals surface area (Å²) in [4.78, 5) is 3.81. The Morgan fingerprint density at radius 3 is 2.34 bits per heavy atom. The Morgan fingerprint density at radius 2 is 1.69 bits per heavy atom. The lowest BCUT2D eigenvalue weighted by molar-refractivity contribution is 0.209. The number of halogens is 2. The van der Waals surface area contributed by atoms with Crippen molar-refractivity contribution in [2.45, 2.75) is 61.0 Å². The van der Waals surface area contributed by atoms with Gasteiger partial charge in [-0.2, -0.15) is 0 Å². The molecule has 1 saturated carbocycles. The Bertz CT molecular complexity index is 1090. The Labute approximate surface area is 194 Å². The molecular weight excluding hydrogens is 422 g/mol. The van der Waals surface area contributed by atoms with Crippen LogP contribution in [0.5, 0.6) is 0 Å². The average molecular weight is 455 g/mol. The van der Waals surface area contributed by atoms with Crippen LogP contribution in [0.3, 0.4) is 0 Å². The number of piperidine rings is 1. The predicted molar refractivity (Wildman–Crippen MR) is 130 cm³/mol. The minimum absolute atomic E-state index is 0.158. The van der Waals surface area contributed by atoms with E-state index in [2.05, 4.69) is 23.4 Å². The van der Waals surface area contributed by atoms with Crippen LogP contribution in [0.2, 0.25) is 0 Å². The zero-order chi connectivity index (χ0) is 22.3. The van der Waals surface area contributed by atoms with Gasteiger partial charge >= 0.3 is 0 Å². The highest BCUT2D eigenvalue weighted by Crippen LogP contribution is 2.54. The summed E-state index contributed by atoms with van der Waals surface area (Å²) in [5.41, 5.74) is 3.83. The normalized spacial score (nSPS) is 19.0. The molecule has 0 N–H and O–H groups in total. The van der Waals surface area contributed by atoms with E-state index in [1.54, 1.807) is 24.3 Å². The fraction of sp³-hybridized carbons (Fsp3) is 0.481. The quantitative estimate of drug-likeness (QED) is 0.383. The topological polar surface area (TPSA) is 8.17 Å². The summed E-state index contributed by atoms with van der Waals surface area (Å²) in [6.45, 7) is 5.60. The maximum absolute atomic E-state index is 13.9. The van der Waals surface area contributed by atoms with Gasteiger partial charge in [-0.1, -0.05) is 6.92 Å². The second-order valence-electron chi connectivity index (χ2n) is 9.54. The summed E-state index contributed by atoms with van der Waals surface area (Å²) in [6, 6.07) is 12.2. The fourth-order valence-corrected chi connectivity index (χ4v) is 6.75. The second kappa shape index (κ2) is 8.83. The van der Waals surface area contributed by atoms with Gasteiger partial charge in [0.1, 0.15) is 11.6 Å². The Balaban J connectivity index is 1.21. The van der Waals surface area contributed by atoms with Crippen LogP contribution in [0.1, 0.15) is 56.2 Å². The van der Waals surface area contributed by atoms with Crippen molar-refractivity contribution in [2.75, 3.05) is 19.6 Å². The summed E-state index contributed by atoms with van der Waals surface area (Å²) in [5.74, 6) is 0.234. The molecular formula is C27H32F2N2S. The van der Waals surface area contributed by atoms with Crippen LogP contribution in [0.25, 0.3) is 10.9 Å². The Morgan fingerprint density at radius 1 is 1.00 bits per heavy atom. The number of benzene rings is 2. The van der Waals surface area contributed by atoms with Crippen molar-refractivity contribution in [1.82, 2.24) is 9.47 Å². The summed E-state index contributed by atoms with van der Waals surface area (Å²) in [5, 5.41) is 1.23. The van der Waals surface area contributed by atoms with Gasteiger partial charge in [0.05, 0.1) is 5.52 Å². The number of fused-ring (bicyclic) bond motifs is 1. The molecule has 0 bridgehead atoms. The van der Waals surface area contributed by atoms with E-state index in [0.29, 0.717) is 10.7 Å². The maximum atomic E-state index is 13.9. The third kappa shape index (κ3) is 4.34. The van der Waals surface area contributed by atoms with Crippen LogP contribution in [0.4, 0.5) is 8.78 Å². The molecule has 3 aromatic rings. The van der Waals surface area contributed by atoms with Gasteiger partial charge in [0.25, 0.3) is 0 Å². The second-order valence-corrected chi connectivity index (χ2v) is 11.1. The van der Waals surface area contributed by atoms with Gasteiger partial charge in [0, 0.05) is 27.8 Å². The summed E-state index contributed by atoms with van der Waals surface area (Å²) < 4.78 is 29.6. The van der Waals surface area contributed by atoms with E-state index in [1.807, 2.05) is 30.0 Å². The highest BCUT2D eigenvalue weighted by molar-refractivity contribution is 8.01. The molecule has 0 amide bonds. The molecule has 5 rings (SSSR count). The number of aryl methyl sites for hydroxylation is 1. The molecule has 0 radical (unpaired) electrons. The van der Waals surface area contributed by atoms with Gasteiger partial charge in [0.15, 0.2) is 0 Å². The first-order chi connectivity index (χ1) is 15.5. The first kappa shape index (κ1) is 22.0. The fourth-order valence-electron chi connectivity index (χ4n) is 5.48. The molecule has 0 spiro atoms. The monoisotopic (exact) mass is 454 g/mol. The van der Waals surface area contributed by atoms with E-state index in [1.165, 1.54) is 53.6 Å². The molecule has 2 nitrogen and oxygen atoms in total. The molecule has 2 heterocycles. The standard InChI is InChI=1S/C27H32F2N2S/c1-3-24-26(23-9-6-21(29)18-25(23)30(24)2)19-10-15-31(16-11-19)17-14-27(12-13-27)32-22-7-4-20(28)5-8-22/h4-9,18-19H,3,10-17H2,1-2H3. The largest absolute Gasteiger partial charge is 0.347 e.